The Balaban J connectivity index is 1.98. The number of carbonyl (C=O) groups excluding carboxylic acids is 2. The topological polar surface area (TPSA) is 63.6 Å². The quantitative estimate of drug-likeness (QED) is 0.253. The third kappa shape index (κ3) is 9.52. The lowest BCUT2D eigenvalue weighted by atomic mass is 10.1. The number of unbranched alkanes of at least 4 members (excludes halogenated alkanes) is 9. The molecule has 0 bridgehead atoms. The van der Waals surface area contributed by atoms with Crippen molar-refractivity contribution in [3.8, 4) is 11.8 Å². The Hall–Kier alpha value is -1.60. The average Bonchev–Trinajstić information content (AvgIpc) is 2.88. The summed E-state index contributed by atoms with van der Waals surface area (Å²) in [7, 11) is 0. The Labute approximate surface area is 145 Å². The molecule has 4 nitrogen and oxygen atoms in total. The van der Waals surface area contributed by atoms with Gasteiger partial charge in [0.15, 0.2) is 0 Å². The van der Waals surface area contributed by atoms with Gasteiger partial charge in [-0.15, -0.1) is 0 Å². The molecule has 0 aromatic rings. The van der Waals surface area contributed by atoms with Crippen molar-refractivity contribution < 1.29 is 19.4 Å². The molecule has 1 atom stereocenters. The lowest BCUT2D eigenvalue weighted by Crippen LogP contribution is -2.10. The third-order valence-electron chi connectivity index (χ3n) is 4.12. The molecule has 1 aliphatic rings. The van der Waals surface area contributed by atoms with E-state index in [0.717, 1.165) is 12.8 Å². The average molecular weight is 334 g/mol. The number of cyclic esters (lactones) is 1. The number of hydrogen-bond donors (Lipinski definition) is 1. The van der Waals surface area contributed by atoms with Gasteiger partial charge in [-0.2, -0.15) is 0 Å². The minimum Gasteiger partial charge on any atom is -0.429 e. The summed E-state index contributed by atoms with van der Waals surface area (Å²) in [5.74, 6) is 4.85. The van der Waals surface area contributed by atoms with E-state index in [2.05, 4.69) is 23.5 Å². The van der Waals surface area contributed by atoms with Gasteiger partial charge in [-0.1, -0.05) is 64.2 Å². The molecule has 1 rings (SSSR count). The zero-order valence-corrected chi connectivity index (χ0v) is 14.8. The lowest BCUT2D eigenvalue weighted by molar-refractivity contribution is -0.151. The zero-order valence-electron chi connectivity index (χ0n) is 14.8. The maximum absolute atomic E-state index is 11.6. The molecular formula is C20H30O4. The van der Waals surface area contributed by atoms with Gasteiger partial charge in [0.25, 0.3) is 0 Å². The molecular weight excluding hydrogens is 304 g/mol. The van der Waals surface area contributed by atoms with Gasteiger partial charge in [0, 0.05) is 24.5 Å². The predicted octanol–water partition coefficient (Wildman–Crippen LogP) is 4.06. The first kappa shape index (κ1) is 20.4. The Morgan fingerprint density at radius 2 is 1.75 bits per heavy atom. The molecule has 1 aliphatic heterocycles. The second-order valence-electron chi connectivity index (χ2n) is 6.31. The van der Waals surface area contributed by atoms with Crippen LogP contribution in [-0.2, 0) is 14.3 Å². The number of Topliss-reactive ketones (excluding diaryl/α,β-unsaturated/α-hetero) is 1. The van der Waals surface area contributed by atoms with Crippen LogP contribution in [0.5, 0.6) is 0 Å². The van der Waals surface area contributed by atoms with Crippen molar-refractivity contribution in [3.63, 3.8) is 0 Å². The summed E-state index contributed by atoms with van der Waals surface area (Å²) in [6.45, 7) is 2.23. The van der Waals surface area contributed by atoms with Crippen LogP contribution in [0.2, 0.25) is 0 Å². The fourth-order valence-corrected chi connectivity index (χ4v) is 2.64. The summed E-state index contributed by atoms with van der Waals surface area (Å²) in [5, 5.41) is 9.39. The van der Waals surface area contributed by atoms with Gasteiger partial charge in [0.2, 0.25) is 12.1 Å². The van der Waals surface area contributed by atoms with Crippen molar-refractivity contribution in [3.05, 3.63) is 11.6 Å². The van der Waals surface area contributed by atoms with E-state index in [4.69, 9.17) is 0 Å². The minimum atomic E-state index is -1.19. The first-order valence-electron chi connectivity index (χ1n) is 9.24. The van der Waals surface area contributed by atoms with Crippen LogP contribution < -0.4 is 0 Å². The molecule has 0 spiro atoms. The van der Waals surface area contributed by atoms with E-state index in [-0.39, 0.29) is 12.2 Å². The number of aliphatic hydroxyl groups is 1. The fourth-order valence-electron chi connectivity index (χ4n) is 2.64. The molecule has 24 heavy (non-hydrogen) atoms. The van der Waals surface area contributed by atoms with Crippen LogP contribution in [0.4, 0.5) is 0 Å². The van der Waals surface area contributed by atoms with Crippen molar-refractivity contribution in [2.75, 3.05) is 0 Å². The monoisotopic (exact) mass is 334 g/mol. The normalized spacial score (nSPS) is 16.3. The minimum absolute atomic E-state index is 0.154. The molecule has 0 saturated heterocycles. The molecule has 0 saturated carbocycles. The summed E-state index contributed by atoms with van der Waals surface area (Å²) < 4.78 is 4.56. The van der Waals surface area contributed by atoms with E-state index in [0.29, 0.717) is 12.0 Å². The van der Waals surface area contributed by atoms with Gasteiger partial charge in [-0.25, -0.2) is 4.79 Å². The molecule has 0 radical (unpaired) electrons. The second-order valence-corrected chi connectivity index (χ2v) is 6.31. The third-order valence-corrected chi connectivity index (χ3v) is 4.12. The number of ether oxygens (including phenoxy) is 1. The highest BCUT2D eigenvalue weighted by atomic mass is 16.6. The Kier molecular flexibility index (Phi) is 10.9. The van der Waals surface area contributed by atoms with Crippen LogP contribution in [0.3, 0.4) is 0 Å². The van der Waals surface area contributed by atoms with E-state index >= 15 is 0 Å². The SMILES string of the molecule is CCCCCCCCCCCC#CC(=O)CCC1=CC(=O)OC1O. The number of ketones is 1. The zero-order chi connectivity index (χ0) is 17.6. The summed E-state index contributed by atoms with van der Waals surface area (Å²) in [6, 6.07) is 0. The number of rotatable bonds is 12. The van der Waals surface area contributed by atoms with Gasteiger partial charge in [-0.3, -0.25) is 4.79 Å². The number of aliphatic hydroxyl groups excluding tert-OH is 1. The molecule has 1 N–H and O–H groups in total. The molecule has 134 valence electrons. The first-order chi connectivity index (χ1) is 11.6. The Morgan fingerprint density at radius 3 is 2.33 bits per heavy atom. The molecule has 1 unspecified atom stereocenters. The number of carbonyl (C=O) groups is 2. The maximum Gasteiger partial charge on any atom is 0.333 e. The lowest BCUT2D eigenvalue weighted by Gasteiger charge is -2.05. The van der Waals surface area contributed by atoms with Crippen molar-refractivity contribution in [2.24, 2.45) is 0 Å². The van der Waals surface area contributed by atoms with Crippen molar-refractivity contribution in [2.45, 2.75) is 90.3 Å². The highest BCUT2D eigenvalue weighted by molar-refractivity contribution is 5.95. The van der Waals surface area contributed by atoms with Crippen molar-refractivity contribution >= 4 is 11.8 Å². The van der Waals surface area contributed by atoms with Gasteiger partial charge in [0.05, 0.1) is 0 Å². The van der Waals surface area contributed by atoms with Crippen LogP contribution >= 0.6 is 0 Å². The highest BCUT2D eigenvalue weighted by Gasteiger charge is 2.23. The van der Waals surface area contributed by atoms with Crippen molar-refractivity contribution in [1.29, 1.82) is 0 Å². The van der Waals surface area contributed by atoms with Crippen LogP contribution in [0.1, 0.15) is 84.0 Å². The van der Waals surface area contributed by atoms with E-state index in [1.807, 2.05) is 0 Å². The van der Waals surface area contributed by atoms with E-state index in [1.54, 1.807) is 0 Å². The van der Waals surface area contributed by atoms with Crippen LogP contribution in [-0.4, -0.2) is 23.1 Å². The summed E-state index contributed by atoms with van der Waals surface area (Å²) in [5.41, 5.74) is 0.453. The van der Waals surface area contributed by atoms with Gasteiger partial charge in [0.1, 0.15) is 0 Å². The smallest absolute Gasteiger partial charge is 0.333 e. The van der Waals surface area contributed by atoms with Crippen LogP contribution in [0, 0.1) is 11.8 Å². The van der Waals surface area contributed by atoms with E-state index in [9.17, 15) is 14.7 Å². The van der Waals surface area contributed by atoms with E-state index < -0.39 is 12.3 Å². The maximum atomic E-state index is 11.6. The Morgan fingerprint density at radius 1 is 1.12 bits per heavy atom. The van der Waals surface area contributed by atoms with Gasteiger partial charge < -0.3 is 9.84 Å². The van der Waals surface area contributed by atoms with Gasteiger partial charge >= 0.3 is 5.97 Å². The van der Waals surface area contributed by atoms with Crippen molar-refractivity contribution in [1.82, 2.24) is 0 Å². The number of hydrogen-bond acceptors (Lipinski definition) is 4. The first-order valence-corrected chi connectivity index (χ1v) is 9.24. The molecule has 0 aliphatic carbocycles. The summed E-state index contributed by atoms with van der Waals surface area (Å²) in [4.78, 5) is 22.6. The number of esters is 1. The fraction of sp³-hybridized carbons (Fsp3) is 0.700. The molecule has 0 fully saturated rings. The van der Waals surface area contributed by atoms with E-state index in [1.165, 1.54) is 57.4 Å². The molecule has 1 heterocycles. The Bertz CT molecular complexity index is 482. The molecule has 0 amide bonds. The standard InChI is InChI=1S/C20H30O4/c1-2-3-4-5-6-7-8-9-10-11-12-13-18(21)15-14-17-16-19(22)24-20(17)23/h16,20,23H,2-11,14-15H2,1H3. The molecule has 0 aromatic heterocycles. The summed E-state index contributed by atoms with van der Waals surface area (Å²) in [6.07, 6.45) is 12.8. The van der Waals surface area contributed by atoms with Gasteiger partial charge in [-0.05, 0) is 18.8 Å². The second kappa shape index (κ2) is 12.8. The molecule has 0 aromatic carbocycles. The largest absolute Gasteiger partial charge is 0.429 e. The van der Waals surface area contributed by atoms with Crippen LogP contribution in [0.25, 0.3) is 0 Å². The van der Waals surface area contributed by atoms with Crippen LogP contribution in [0.15, 0.2) is 11.6 Å². The molecule has 4 heteroatoms. The summed E-state index contributed by atoms with van der Waals surface area (Å²) >= 11 is 0. The predicted molar refractivity (Wildman–Crippen MR) is 94.0 cm³/mol. The highest BCUT2D eigenvalue weighted by Crippen LogP contribution is 2.18.